The van der Waals surface area contributed by atoms with Gasteiger partial charge in [-0.05, 0) is 31.0 Å². The molecule has 1 aromatic carbocycles. The van der Waals surface area contributed by atoms with E-state index in [0.717, 1.165) is 24.1 Å². The van der Waals surface area contributed by atoms with E-state index in [9.17, 15) is 4.79 Å². The summed E-state index contributed by atoms with van der Waals surface area (Å²) >= 11 is 5.88. The van der Waals surface area contributed by atoms with E-state index in [1.54, 1.807) is 6.07 Å². The van der Waals surface area contributed by atoms with Crippen LogP contribution in [0.2, 0.25) is 5.02 Å². The molecule has 0 aromatic heterocycles. The lowest BCUT2D eigenvalue weighted by Gasteiger charge is -2.09. The second-order valence-electron chi connectivity index (χ2n) is 3.89. The van der Waals surface area contributed by atoms with Gasteiger partial charge in [0.05, 0.1) is 6.61 Å². The number of carbonyl (C=O) groups is 1. The number of carbonyl (C=O) groups excluding carboxylic acids is 1. The largest absolute Gasteiger partial charge is 0.464 e. The van der Waals surface area contributed by atoms with Crippen molar-refractivity contribution in [2.24, 2.45) is 0 Å². The highest BCUT2D eigenvalue weighted by Crippen LogP contribution is 2.19. The van der Waals surface area contributed by atoms with Crippen LogP contribution in [0.4, 0.5) is 5.69 Å². The van der Waals surface area contributed by atoms with Crippen molar-refractivity contribution >= 4 is 23.3 Å². The van der Waals surface area contributed by atoms with Gasteiger partial charge in [0, 0.05) is 10.7 Å². The predicted octanol–water partition coefficient (Wildman–Crippen LogP) is 3.40. The Kier molecular flexibility index (Phi) is 5.84. The van der Waals surface area contributed by atoms with Gasteiger partial charge >= 0.3 is 5.97 Å². The molecule has 0 radical (unpaired) electrons. The van der Waals surface area contributed by atoms with Crippen LogP contribution in [0.3, 0.4) is 0 Å². The zero-order valence-corrected chi connectivity index (χ0v) is 11.0. The van der Waals surface area contributed by atoms with Crippen LogP contribution >= 0.6 is 11.6 Å². The summed E-state index contributed by atoms with van der Waals surface area (Å²) in [6.07, 6.45) is 1.93. The molecule has 0 spiro atoms. The molecule has 3 nitrogen and oxygen atoms in total. The van der Waals surface area contributed by atoms with Crippen molar-refractivity contribution in [3.05, 3.63) is 28.8 Å². The Balaban J connectivity index is 2.39. The molecule has 0 fully saturated rings. The number of anilines is 1. The van der Waals surface area contributed by atoms with Gasteiger partial charge in [0.15, 0.2) is 0 Å². The summed E-state index contributed by atoms with van der Waals surface area (Å²) in [6.45, 7) is 4.68. The number of halogens is 1. The van der Waals surface area contributed by atoms with Crippen LogP contribution in [0.15, 0.2) is 18.2 Å². The van der Waals surface area contributed by atoms with E-state index in [0.29, 0.717) is 11.6 Å². The van der Waals surface area contributed by atoms with Crippen LogP contribution in [-0.2, 0) is 9.53 Å². The Labute approximate surface area is 107 Å². The molecule has 4 heteroatoms. The van der Waals surface area contributed by atoms with E-state index < -0.39 is 0 Å². The zero-order valence-electron chi connectivity index (χ0n) is 10.3. The van der Waals surface area contributed by atoms with Gasteiger partial charge in [0.25, 0.3) is 0 Å². The van der Waals surface area contributed by atoms with Gasteiger partial charge in [0.2, 0.25) is 0 Å². The monoisotopic (exact) mass is 255 g/mol. The summed E-state index contributed by atoms with van der Waals surface area (Å²) < 4.78 is 5.04. The topological polar surface area (TPSA) is 38.3 Å². The lowest BCUT2D eigenvalue weighted by molar-refractivity contribution is -0.141. The minimum Gasteiger partial charge on any atom is -0.464 e. The van der Waals surface area contributed by atoms with Crippen molar-refractivity contribution in [3.8, 4) is 0 Å². The quantitative estimate of drug-likeness (QED) is 0.625. The molecule has 0 aliphatic rings. The third kappa shape index (κ3) is 5.09. The van der Waals surface area contributed by atoms with Crippen LogP contribution in [0.1, 0.15) is 25.3 Å². The molecular formula is C13H18ClNO2. The van der Waals surface area contributed by atoms with Gasteiger partial charge in [-0.15, -0.1) is 0 Å². The first kappa shape index (κ1) is 13.8. The van der Waals surface area contributed by atoms with Crippen molar-refractivity contribution in [1.29, 1.82) is 0 Å². The highest BCUT2D eigenvalue weighted by Gasteiger charge is 2.04. The predicted molar refractivity (Wildman–Crippen MR) is 70.5 cm³/mol. The summed E-state index contributed by atoms with van der Waals surface area (Å²) in [5, 5.41) is 3.67. The second kappa shape index (κ2) is 7.17. The summed E-state index contributed by atoms with van der Waals surface area (Å²) in [5.41, 5.74) is 1.92. The highest BCUT2D eigenvalue weighted by molar-refractivity contribution is 6.30. The van der Waals surface area contributed by atoms with E-state index in [1.165, 1.54) is 0 Å². The fourth-order valence-corrected chi connectivity index (χ4v) is 1.51. The highest BCUT2D eigenvalue weighted by atomic mass is 35.5. The number of ether oxygens (including phenoxy) is 1. The van der Waals surface area contributed by atoms with E-state index in [2.05, 4.69) is 12.2 Å². The van der Waals surface area contributed by atoms with Crippen LogP contribution in [0.25, 0.3) is 0 Å². The molecule has 0 saturated carbocycles. The molecule has 1 aromatic rings. The molecule has 0 saturated heterocycles. The minimum atomic E-state index is -0.238. The average molecular weight is 256 g/mol. The standard InChI is InChI=1S/C13H18ClNO2/c1-3-4-7-17-13(16)9-15-12-8-11(14)6-5-10(12)2/h5-6,8,15H,3-4,7,9H2,1-2H3. The normalized spacial score (nSPS) is 10.1. The fourth-order valence-electron chi connectivity index (χ4n) is 1.33. The van der Waals surface area contributed by atoms with Gasteiger partial charge in [-0.25, -0.2) is 0 Å². The molecule has 1 N–H and O–H groups in total. The van der Waals surface area contributed by atoms with Gasteiger partial charge in [-0.2, -0.15) is 0 Å². The van der Waals surface area contributed by atoms with Crippen molar-refractivity contribution < 1.29 is 9.53 Å². The molecular weight excluding hydrogens is 238 g/mol. The first-order valence-electron chi connectivity index (χ1n) is 5.79. The van der Waals surface area contributed by atoms with E-state index in [1.807, 2.05) is 19.1 Å². The number of aryl methyl sites for hydroxylation is 1. The van der Waals surface area contributed by atoms with Crippen LogP contribution in [0, 0.1) is 6.92 Å². The maximum absolute atomic E-state index is 11.4. The summed E-state index contributed by atoms with van der Waals surface area (Å²) in [4.78, 5) is 11.4. The third-order valence-electron chi connectivity index (χ3n) is 2.38. The minimum absolute atomic E-state index is 0.172. The molecule has 0 aliphatic carbocycles. The molecule has 0 bridgehead atoms. The zero-order chi connectivity index (χ0) is 12.7. The number of benzene rings is 1. The summed E-state index contributed by atoms with van der Waals surface area (Å²) in [6, 6.07) is 5.53. The van der Waals surface area contributed by atoms with Gasteiger partial charge in [0.1, 0.15) is 6.54 Å². The van der Waals surface area contributed by atoms with E-state index in [4.69, 9.17) is 16.3 Å². The smallest absolute Gasteiger partial charge is 0.325 e. The Morgan fingerprint density at radius 3 is 2.94 bits per heavy atom. The van der Waals surface area contributed by atoms with E-state index >= 15 is 0 Å². The van der Waals surface area contributed by atoms with Crippen molar-refractivity contribution in [1.82, 2.24) is 0 Å². The number of hydrogen-bond donors (Lipinski definition) is 1. The maximum Gasteiger partial charge on any atom is 0.325 e. The molecule has 0 aliphatic heterocycles. The molecule has 0 unspecified atom stereocenters. The number of esters is 1. The Morgan fingerprint density at radius 1 is 1.47 bits per heavy atom. The third-order valence-corrected chi connectivity index (χ3v) is 2.62. The first-order chi connectivity index (χ1) is 8.13. The Morgan fingerprint density at radius 2 is 2.24 bits per heavy atom. The first-order valence-corrected chi connectivity index (χ1v) is 6.17. The molecule has 94 valence electrons. The summed E-state index contributed by atoms with van der Waals surface area (Å²) in [5.74, 6) is -0.238. The van der Waals surface area contributed by atoms with Crippen molar-refractivity contribution in [3.63, 3.8) is 0 Å². The van der Waals surface area contributed by atoms with Gasteiger partial charge in [-0.1, -0.05) is 31.0 Å². The molecule has 17 heavy (non-hydrogen) atoms. The maximum atomic E-state index is 11.4. The molecule has 0 atom stereocenters. The number of unbranched alkanes of at least 4 members (excludes halogenated alkanes) is 1. The van der Waals surface area contributed by atoms with Gasteiger partial charge < -0.3 is 10.1 Å². The van der Waals surface area contributed by atoms with E-state index in [-0.39, 0.29) is 12.5 Å². The Hall–Kier alpha value is -1.22. The number of hydrogen-bond acceptors (Lipinski definition) is 3. The van der Waals surface area contributed by atoms with Crippen LogP contribution < -0.4 is 5.32 Å². The fraction of sp³-hybridized carbons (Fsp3) is 0.462. The average Bonchev–Trinajstić information content (AvgIpc) is 2.31. The SMILES string of the molecule is CCCCOC(=O)CNc1cc(Cl)ccc1C. The van der Waals surface area contributed by atoms with Crippen molar-refractivity contribution in [2.45, 2.75) is 26.7 Å². The second-order valence-corrected chi connectivity index (χ2v) is 4.32. The number of nitrogens with one attached hydrogen (secondary N) is 1. The van der Waals surface area contributed by atoms with Gasteiger partial charge in [-0.3, -0.25) is 4.79 Å². The lowest BCUT2D eigenvalue weighted by Crippen LogP contribution is -2.17. The van der Waals surface area contributed by atoms with Crippen molar-refractivity contribution in [2.75, 3.05) is 18.5 Å². The molecule has 1 rings (SSSR count). The summed E-state index contributed by atoms with van der Waals surface area (Å²) in [7, 11) is 0. The molecule has 0 heterocycles. The Bertz CT molecular complexity index is 380. The molecule has 0 amide bonds. The number of rotatable bonds is 6. The van der Waals surface area contributed by atoms with Crippen LogP contribution in [-0.4, -0.2) is 19.1 Å². The van der Waals surface area contributed by atoms with Crippen LogP contribution in [0.5, 0.6) is 0 Å². The lowest BCUT2D eigenvalue weighted by atomic mass is 10.2.